The van der Waals surface area contributed by atoms with Crippen LogP contribution in [0.3, 0.4) is 0 Å². The number of hydrogen-bond acceptors (Lipinski definition) is 4. The summed E-state index contributed by atoms with van der Waals surface area (Å²) in [5.74, 6) is 3.09. The Kier molecular flexibility index (Phi) is 7.48. The molecule has 34 heavy (non-hydrogen) atoms. The molecular weight excluding hydrogens is 432 g/mol. The molecule has 2 amide bonds. The number of amides is 2. The fourth-order valence-corrected chi connectivity index (χ4v) is 4.92. The molecule has 2 aromatic carbocycles. The van der Waals surface area contributed by atoms with Crippen molar-refractivity contribution >= 4 is 18.0 Å². The Hall–Kier alpha value is -3.79. The van der Waals surface area contributed by atoms with Crippen molar-refractivity contribution in [3.05, 3.63) is 59.7 Å². The number of ether oxygens (including phenoxy) is 1. The van der Waals surface area contributed by atoms with Gasteiger partial charge in [0.15, 0.2) is 0 Å². The molecule has 0 radical (unpaired) electrons. The molecule has 2 aliphatic rings. The summed E-state index contributed by atoms with van der Waals surface area (Å²) in [6.45, 7) is 0.112. The third-order valence-electron chi connectivity index (χ3n) is 6.54. The van der Waals surface area contributed by atoms with Gasteiger partial charge in [0.1, 0.15) is 12.6 Å². The van der Waals surface area contributed by atoms with Crippen molar-refractivity contribution in [3.8, 4) is 23.0 Å². The van der Waals surface area contributed by atoms with Gasteiger partial charge in [-0.05, 0) is 46.9 Å². The quantitative estimate of drug-likeness (QED) is 0.571. The van der Waals surface area contributed by atoms with Crippen LogP contribution < -0.4 is 10.6 Å². The molecule has 1 unspecified atom stereocenters. The molecule has 4 rings (SSSR count). The van der Waals surface area contributed by atoms with E-state index in [9.17, 15) is 19.5 Å². The van der Waals surface area contributed by atoms with Gasteiger partial charge in [-0.2, -0.15) is 0 Å². The molecule has 1 saturated carbocycles. The van der Waals surface area contributed by atoms with E-state index in [4.69, 9.17) is 4.74 Å². The summed E-state index contributed by atoms with van der Waals surface area (Å²) in [4.78, 5) is 35.8. The minimum absolute atomic E-state index is 0.0391. The van der Waals surface area contributed by atoms with E-state index in [1.165, 1.54) is 0 Å². The van der Waals surface area contributed by atoms with Crippen molar-refractivity contribution in [2.45, 2.75) is 44.1 Å². The second-order valence-electron chi connectivity index (χ2n) is 8.67. The lowest BCUT2D eigenvalue weighted by Gasteiger charge is -2.27. The maximum atomic E-state index is 12.2. The number of benzene rings is 2. The molecule has 2 aromatic rings. The number of hydrogen-bond donors (Lipinski definition) is 3. The predicted molar refractivity (Wildman–Crippen MR) is 127 cm³/mol. The van der Waals surface area contributed by atoms with Crippen molar-refractivity contribution in [2.24, 2.45) is 5.92 Å². The first-order chi connectivity index (χ1) is 16.5. The van der Waals surface area contributed by atoms with E-state index in [0.29, 0.717) is 0 Å². The molecule has 0 aromatic heterocycles. The Balaban J connectivity index is 1.25. The largest absolute Gasteiger partial charge is 0.480 e. The first-order valence-corrected chi connectivity index (χ1v) is 11.7. The van der Waals surface area contributed by atoms with E-state index >= 15 is 0 Å². The Labute approximate surface area is 198 Å². The molecule has 1 fully saturated rings. The highest BCUT2D eigenvalue weighted by atomic mass is 16.5. The summed E-state index contributed by atoms with van der Waals surface area (Å²) in [6.07, 6.45) is 3.99. The highest BCUT2D eigenvalue weighted by Gasteiger charge is 2.30. The summed E-state index contributed by atoms with van der Waals surface area (Å²) < 4.78 is 5.43. The fourth-order valence-electron chi connectivity index (χ4n) is 4.92. The third-order valence-corrected chi connectivity index (χ3v) is 6.54. The van der Waals surface area contributed by atoms with E-state index in [1.54, 1.807) is 0 Å². The van der Waals surface area contributed by atoms with Gasteiger partial charge in [0, 0.05) is 5.92 Å². The van der Waals surface area contributed by atoms with E-state index in [0.717, 1.165) is 54.4 Å². The highest BCUT2D eigenvalue weighted by molar-refractivity contribution is 5.96. The Morgan fingerprint density at radius 1 is 0.971 bits per heavy atom. The molecule has 176 valence electrons. The topological polar surface area (TPSA) is 105 Å². The van der Waals surface area contributed by atoms with Crippen LogP contribution >= 0.6 is 0 Å². The first-order valence-electron chi connectivity index (χ1n) is 11.7. The molecule has 7 nitrogen and oxygen atoms in total. The standard InChI is InChI=1S/C27H28N2O5/c30-24(29-25(26(31)32)18-9-2-1-3-10-18)15-8-16-28-27(33)34-17-23-21-13-6-4-11-19(21)20-12-5-7-14-22(20)23/h4-7,11-14,18,23,25H,1-3,9-10,16-17H2,(H,28,33)(H,29,30)(H,31,32). The maximum absolute atomic E-state index is 12.2. The lowest BCUT2D eigenvalue weighted by atomic mass is 9.84. The van der Waals surface area contributed by atoms with E-state index in [-0.39, 0.29) is 25.0 Å². The van der Waals surface area contributed by atoms with Crippen molar-refractivity contribution < 1.29 is 24.2 Å². The molecule has 1 atom stereocenters. The number of aliphatic carboxylic acids is 1. The van der Waals surface area contributed by atoms with Crippen LogP contribution in [0, 0.1) is 17.8 Å². The van der Waals surface area contributed by atoms with Crippen molar-refractivity contribution in [2.75, 3.05) is 13.2 Å². The molecule has 0 bridgehead atoms. The third kappa shape index (κ3) is 5.40. The number of alkyl carbamates (subject to hydrolysis) is 1. The number of nitrogens with one attached hydrogen (secondary N) is 2. The zero-order valence-corrected chi connectivity index (χ0v) is 18.9. The minimum atomic E-state index is -1.04. The summed E-state index contributed by atoms with van der Waals surface area (Å²) in [5, 5.41) is 14.5. The van der Waals surface area contributed by atoms with Crippen LogP contribution in [0.1, 0.15) is 49.1 Å². The van der Waals surface area contributed by atoms with Gasteiger partial charge in [0.25, 0.3) is 5.91 Å². The Bertz CT molecular complexity index is 1080. The van der Waals surface area contributed by atoms with Crippen molar-refractivity contribution in [3.63, 3.8) is 0 Å². The van der Waals surface area contributed by atoms with Crippen LogP contribution in [0.5, 0.6) is 0 Å². The zero-order chi connectivity index (χ0) is 23.9. The van der Waals surface area contributed by atoms with Crippen LogP contribution in [-0.4, -0.2) is 42.3 Å². The first kappa shape index (κ1) is 23.4. The van der Waals surface area contributed by atoms with Gasteiger partial charge in [-0.25, -0.2) is 9.59 Å². The molecule has 7 heteroatoms. The number of carbonyl (C=O) groups is 3. The monoisotopic (exact) mass is 460 g/mol. The molecular formula is C27H28N2O5. The molecule has 0 aliphatic heterocycles. The average Bonchev–Trinajstić information content (AvgIpc) is 3.18. The van der Waals surface area contributed by atoms with E-state index < -0.39 is 24.0 Å². The molecule has 0 saturated heterocycles. The van der Waals surface area contributed by atoms with Crippen LogP contribution in [0.4, 0.5) is 4.79 Å². The van der Waals surface area contributed by atoms with Gasteiger partial charge in [0.2, 0.25) is 0 Å². The van der Waals surface area contributed by atoms with Gasteiger partial charge in [-0.1, -0.05) is 73.7 Å². The fraction of sp³-hybridized carbons (Fsp3) is 0.370. The SMILES string of the molecule is O=C(C#CCNC(=O)OCC1c2ccccc2-c2ccccc21)NC(C(=O)O)C1CCCCC1. The zero-order valence-electron chi connectivity index (χ0n) is 18.9. The molecule has 0 spiro atoms. The Morgan fingerprint density at radius 2 is 1.59 bits per heavy atom. The van der Waals surface area contributed by atoms with Gasteiger partial charge in [-0.3, -0.25) is 4.79 Å². The maximum Gasteiger partial charge on any atom is 0.407 e. The van der Waals surface area contributed by atoms with E-state index in [1.807, 2.05) is 36.4 Å². The lowest BCUT2D eigenvalue weighted by Crippen LogP contribution is -2.46. The van der Waals surface area contributed by atoms with Crippen molar-refractivity contribution in [1.29, 1.82) is 0 Å². The van der Waals surface area contributed by atoms with Crippen LogP contribution in [-0.2, 0) is 14.3 Å². The number of rotatable bonds is 6. The van der Waals surface area contributed by atoms with Gasteiger partial charge in [-0.15, -0.1) is 0 Å². The minimum Gasteiger partial charge on any atom is -0.480 e. The van der Waals surface area contributed by atoms with Crippen LogP contribution in [0.25, 0.3) is 11.1 Å². The summed E-state index contributed by atoms with van der Waals surface area (Å²) in [7, 11) is 0. The van der Waals surface area contributed by atoms with Crippen LogP contribution in [0.2, 0.25) is 0 Å². The molecule has 2 aliphatic carbocycles. The predicted octanol–water partition coefficient (Wildman–Crippen LogP) is 3.68. The second-order valence-corrected chi connectivity index (χ2v) is 8.67. The molecule has 0 heterocycles. The summed E-state index contributed by atoms with van der Waals surface area (Å²) in [5.41, 5.74) is 4.55. The summed E-state index contributed by atoms with van der Waals surface area (Å²) in [6, 6.07) is 15.2. The normalized spacial score (nSPS) is 15.8. The van der Waals surface area contributed by atoms with Gasteiger partial charge in [0.05, 0.1) is 6.54 Å². The molecule has 3 N–H and O–H groups in total. The average molecular weight is 461 g/mol. The number of fused-ring (bicyclic) bond motifs is 3. The van der Waals surface area contributed by atoms with Gasteiger partial charge >= 0.3 is 12.1 Å². The van der Waals surface area contributed by atoms with Crippen molar-refractivity contribution in [1.82, 2.24) is 10.6 Å². The lowest BCUT2D eigenvalue weighted by molar-refractivity contribution is -0.143. The smallest absolute Gasteiger partial charge is 0.407 e. The number of carbonyl (C=O) groups excluding carboxylic acids is 2. The summed E-state index contributed by atoms with van der Waals surface area (Å²) >= 11 is 0. The second kappa shape index (κ2) is 10.9. The van der Waals surface area contributed by atoms with Gasteiger partial charge < -0.3 is 20.5 Å². The number of carboxylic acid groups (broad SMARTS) is 1. The van der Waals surface area contributed by atoms with Crippen LogP contribution in [0.15, 0.2) is 48.5 Å². The Morgan fingerprint density at radius 3 is 2.21 bits per heavy atom. The number of carboxylic acids is 1. The highest BCUT2D eigenvalue weighted by Crippen LogP contribution is 2.44. The van der Waals surface area contributed by atoms with E-state index in [2.05, 4.69) is 34.6 Å².